The van der Waals surface area contributed by atoms with Gasteiger partial charge in [-0.2, -0.15) is 0 Å². The Labute approximate surface area is 99.3 Å². The highest BCUT2D eigenvalue weighted by atomic mass is 16.3. The molecule has 0 saturated heterocycles. The summed E-state index contributed by atoms with van der Waals surface area (Å²) in [6.07, 6.45) is 3.41. The summed E-state index contributed by atoms with van der Waals surface area (Å²) in [7, 11) is 0. The van der Waals surface area contributed by atoms with E-state index in [0.717, 1.165) is 0 Å². The van der Waals surface area contributed by atoms with E-state index in [1.807, 2.05) is 6.92 Å². The van der Waals surface area contributed by atoms with Gasteiger partial charge in [0.25, 0.3) is 0 Å². The van der Waals surface area contributed by atoms with Crippen molar-refractivity contribution in [3.8, 4) is 0 Å². The average Bonchev–Trinajstić information content (AvgIpc) is 2.30. The third-order valence-electron chi connectivity index (χ3n) is 2.52. The predicted octanol–water partition coefficient (Wildman–Crippen LogP) is -0.480. The van der Waals surface area contributed by atoms with Crippen LogP contribution in [0.25, 0.3) is 0 Å². The van der Waals surface area contributed by atoms with Gasteiger partial charge in [-0.1, -0.05) is 6.92 Å². The van der Waals surface area contributed by atoms with Crippen molar-refractivity contribution in [3.05, 3.63) is 28.9 Å². The summed E-state index contributed by atoms with van der Waals surface area (Å²) in [4.78, 5) is 26.3. The fourth-order valence-corrected chi connectivity index (χ4v) is 1.13. The normalized spacial score (nSPS) is 14.1. The van der Waals surface area contributed by atoms with Crippen LogP contribution in [0, 0.1) is 0 Å². The van der Waals surface area contributed by atoms with Crippen molar-refractivity contribution in [2.24, 2.45) is 0 Å². The summed E-state index contributed by atoms with van der Waals surface area (Å²) in [5, 5.41) is 12.3. The number of hydrogen-bond acceptors (Lipinski definition) is 4. The van der Waals surface area contributed by atoms with E-state index in [2.05, 4.69) is 10.3 Å². The number of rotatable bonds is 5. The molecule has 1 heterocycles. The molecule has 0 aliphatic carbocycles. The lowest BCUT2D eigenvalue weighted by molar-refractivity contribution is -0.122. The second kappa shape index (κ2) is 5.58. The van der Waals surface area contributed by atoms with Gasteiger partial charge >= 0.3 is 5.69 Å². The fraction of sp³-hybridized carbons (Fsp3) is 0.545. The molecule has 0 aromatic carbocycles. The van der Waals surface area contributed by atoms with Crippen molar-refractivity contribution >= 4 is 5.91 Å². The van der Waals surface area contributed by atoms with Crippen molar-refractivity contribution in [1.29, 1.82) is 0 Å². The molecule has 0 aliphatic heterocycles. The van der Waals surface area contributed by atoms with E-state index in [4.69, 9.17) is 0 Å². The molecule has 94 valence electrons. The number of nitrogens with one attached hydrogen (secondary N) is 1. The van der Waals surface area contributed by atoms with E-state index in [0.29, 0.717) is 6.42 Å². The molecule has 6 nitrogen and oxygen atoms in total. The van der Waals surface area contributed by atoms with Gasteiger partial charge in [0.2, 0.25) is 5.91 Å². The molecule has 0 saturated carbocycles. The van der Waals surface area contributed by atoms with Crippen molar-refractivity contribution < 1.29 is 9.90 Å². The van der Waals surface area contributed by atoms with Crippen LogP contribution in [-0.2, 0) is 11.3 Å². The standard InChI is InChI=1S/C11H17N3O3/c1-3-11(2,17)8-13-9(15)7-14-6-4-5-12-10(14)16/h4-6,17H,3,7-8H2,1-2H3,(H,13,15). The van der Waals surface area contributed by atoms with E-state index in [1.54, 1.807) is 13.0 Å². The van der Waals surface area contributed by atoms with Crippen molar-refractivity contribution in [3.63, 3.8) is 0 Å². The lowest BCUT2D eigenvalue weighted by atomic mass is 10.0. The maximum atomic E-state index is 11.5. The van der Waals surface area contributed by atoms with Crippen LogP contribution in [-0.4, -0.2) is 32.7 Å². The van der Waals surface area contributed by atoms with Crippen LogP contribution >= 0.6 is 0 Å². The second-order valence-corrected chi connectivity index (χ2v) is 4.16. The first kappa shape index (κ1) is 13.4. The molecule has 1 atom stereocenters. The second-order valence-electron chi connectivity index (χ2n) is 4.16. The number of hydrogen-bond donors (Lipinski definition) is 2. The number of carbonyl (C=O) groups excluding carboxylic acids is 1. The van der Waals surface area contributed by atoms with Gasteiger partial charge in [-0.15, -0.1) is 0 Å². The Morgan fingerprint density at radius 1 is 1.65 bits per heavy atom. The third kappa shape index (κ3) is 4.36. The minimum atomic E-state index is -0.921. The quantitative estimate of drug-likeness (QED) is 0.727. The monoisotopic (exact) mass is 239 g/mol. The van der Waals surface area contributed by atoms with Gasteiger partial charge in [0.15, 0.2) is 0 Å². The zero-order chi connectivity index (χ0) is 12.9. The lowest BCUT2D eigenvalue weighted by Crippen LogP contribution is -2.42. The zero-order valence-corrected chi connectivity index (χ0v) is 10.0. The summed E-state index contributed by atoms with van der Waals surface area (Å²) < 4.78 is 1.20. The van der Waals surface area contributed by atoms with Crippen molar-refractivity contribution in [1.82, 2.24) is 14.9 Å². The molecule has 1 unspecified atom stereocenters. The fourth-order valence-electron chi connectivity index (χ4n) is 1.13. The maximum Gasteiger partial charge on any atom is 0.347 e. The van der Waals surface area contributed by atoms with Crippen LogP contribution in [0.2, 0.25) is 0 Å². The Morgan fingerprint density at radius 3 is 2.94 bits per heavy atom. The minimum Gasteiger partial charge on any atom is -0.388 e. The van der Waals surface area contributed by atoms with Crippen LogP contribution < -0.4 is 11.0 Å². The van der Waals surface area contributed by atoms with E-state index in [-0.39, 0.29) is 19.0 Å². The minimum absolute atomic E-state index is 0.0908. The molecule has 1 rings (SSSR count). The molecule has 6 heteroatoms. The third-order valence-corrected chi connectivity index (χ3v) is 2.52. The number of amides is 1. The molecule has 2 N–H and O–H groups in total. The molecule has 1 aromatic heterocycles. The molecule has 17 heavy (non-hydrogen) atoms. The zero-order valence-electron chi connectivity index (χ0n) is 10.0. The van der Waals surface area contributed by atoms with Crippen LogP contribution in [0.5, 0.6) is 0 Å². The molecule has 1 amide bonds. The number of nitrogens with zero attached hydrogens (tertiary/aromatic N) is 2. The molecule has 1 aromatic rings. The molecule has 0 radical (unpaired) electrons. The van der Waals surface area contributed by atoms with E-state index >= 15 is 0 Å². The van der Waals surface area contributed by atoms with Crippen molar-refractivity contribution in [2.45, 2.75) is 32.4 Å². The highest BCUT2D eigenvalue weighted by Gasteiger charge is 2.18. The Hall–Kier alpha value is -1.69. The maximum absolute atomic E-state index is 11.5. The van der Waals surface area contributed by atoms with Gasteiger partial charge < -0.3 is 10.4 Å². The smallest absolute Gasteiger partial charge is 0.347 e. The number of aliphatic hydroxyl groups is 1. The van der Waals surface area contributed by atoms with Gasteiger partial charge in [0.1, 0.15) is 6.54 Å². The molecular weight excluding hydrogens is 222 g/mol. The summed E-state index contributed by atoms with van der Waals surface area (Å²) in [5.41, 5.74) is -1.39. The predicted molar refractivity (Wildman–Crippen MR) is 62.4 cm³/mol. The van der Waals surface area contributed by atoms with E-state index in [1.165, 1.54) is 17.0 Å². The Balaban J connectivity index is 2.51. The summed E-state index contributed by atoms with van der Waals surface area (Å²) in [6.45, 7) is 3.55. The topological polar surface area (TPSA) is 84.2 Å². The first-order valence-corrected chi connectivity index (χ1v) is 5.45. The number of aromatic nitrogens is 2. The molecule has 0 aliphatic rings. The SMILES string of the molecule is CCC(C)(O)CNC(=O)Cn1cccnc1=O. The molecule has 0 spiro atoms. The molecular formula is C11H17N3O3. The van der Waals surface area contributed by atoms with Crippen LogP contribution in [0.3, 0.4) is 0 Å². The summed E-state index contributed by atoms with van der Waals surface area (Å²) in [5.74, 6) is -0.325. The van der Waals surface area contributed by atoms with Gasteiger partial charge in [-0.05, 0) is 19.4 Å². The van der Waals surface area contributed by atoms with Gasteiger partial charge in [-0.25, -0.2) is 9.78 Å². The van der Waals surface area contributed by atoms with Gasteiger partial charge in [-0.3, -0.25) is 9.36 Å². The number of carbonyl (C=O) groups is 1. The van der Waals surface area contributed by atoms with Crippen LogP contribution in [0.15, 0.2) is 23.3 Å². The largest absolute Gasteiger partial charge is 0.388 e. The highest BCUT2D eigenvalue weighted by Crippen LogP contribution is 2.05. The first-order chi connectivity index (χ1) is 7.94. The van der Waals surface area contributed by atoms with Gasteiger partial charge in [0, 0.05) is 18.9 Å². The van der Waals surface area contributed by atoms with Crippen molar-refractivity contribution in [2.75, 3.05) is 6.54 Å². The van der Waals surface area contributed by atoms with Crippen LogP contribution in [0.4, 0.5) is 0 Å². The Morgan fingerprint density at radius 2 is 2.35 bits per heavy atom. The van der Waals surface area contributed by atoms with Gasteiger partial charge in [0.05, 0.1) is 5.60 Å². The summed E-state index contributed by atoms with van der Waals surface area (Å²) >= 11 is 0. The average molecular weight is 239 g/mol. The van der Waals surface area contributed by atoms with E-state index in [9.17, 15) is 14.7 Å². The lowest BCUT2D eigenvalue weighted by Gasteiger charge is -2.21. The van der Waals surface area contributed by atoms with E-state index < -0.39 is 11.3 Å². The van der Waals surface area contributed by atoms with Crippen LogP contribution in [0.1, 0.15) is 20.3 Å². The summed E-state index contributed by atoms with van der Waals surface area (Å²) in [6, 6.07) is 1.58. The Bertz CT molecular complexity index is 440. The highest BCUT2D eigenvalue weighted by molar-refractivity contribution is 5.75. The molecule has 0 fully saturated rings. The first-order valence-electron chi connectivity index (χ1n) is 5.45. The molecule has 0 bridgehead atoms. The Kier molecular flexibility index (Phi) is 4.39.